The number of aromatic nitrogens is 1. The van der Waals surface area contributed by atoms with E-state index >= 15 is 0 Å². The minimum Gasteiger partial charge on any atom is -0.493 e. The second-order valence-corrected chi connectivity index (χ2v) is 7.88. The van der Waals surface area contributed by atoms with Gasteiger partial charge in [0, 0.05) is 35.4 Å². The van der Waals surface area contributed by atoms with Crippen LogP contribution < -0.4 is 9.47 Å². The Morgan fingerprint density at radius 3 is 2.80 bits per heavy atom. The molecule has 0 amide bonds. The molecule has 4 rings (SSSR count). The SMILES string of the molecule is O=C(O)Oc1cccc2c1ccn2Cc1cc(Cl)ccc1OCCC1CCOCC1. The standard InChI is InChI=1S/C23H24ClNO5/c24-18-4-5-21(29-13-9-16-7-11-28-12-8-16)17(14-18)15-25-10-6-19-20(25)2-1-3-22(19)30-23(26)27/h1-6,10,14,16H,7-9,11-13,15H2,(H,26,27). The Bertz CT molecular complexity index is 1030. The molecule has 0 spiro atoms. The molecule has 3 aromatic rings. The van der Waals surface area contributed by atoms with E-state index in [1.54, 1.807) is 12.1 Å². The fourth-order valence-corrected chi connectivity index (χ4v) is 4.08. The van der Waals surface area contributed by atoms with Gasteiger partial charge in [0.2, 0.25) is 0 Å². The van der Waals surface area contributed by atoms with Crippen molar-refractivity contribution in [1.82, 2.24) is 4.57 Å². The Kier molecular flexibility index (Phi) is 6.45. The van der Waals surface area contributed by atoms with Gasteiger partial charge in [-0.3, -0.25) is 0 Å². The number of carboxylic acid groups (broad SMARTS) is 1. The summed E-state index contributed by atoms with van der Waals surface area (Å²) in [5.41, 5.74) is 1.85. The van der Waals surface area contributed by atoms with Crippen LogP contribution in [0.4, 0.5) is 4.79 Å². The van der Waals surface area contributed by atoms with Crippen molar-refractivity contribution in [2.75, 3.05) is 19.8 Å². The van der Waals surface area contributed by atoms with Crippen LogP contribution in [0.2, 0.25) is 5.02 Å². The van der Waals surface area contributed by atoms with Gasteiger partial charge in [0.05, 0.1) is 18.7 Å². The van der Waals surface area contributed by atoms with Gasteiger partial charge in [0.25, 0.3) is 0 Å². The predicted octanol–water partition coefficient (Wildman–Crippen LogP) is 5.60. The zero-order chi connectivity index (χ0) is 20.9. The lowest BCUT2D eigenvalue weighted by atomic mass is 9.97. The van der Waals surface area contributed by atoms with Gasteiger partial charge >= 0.3 is 6.16 Å². The van der Waals surface area contributed by atoms with Crippen LogP contribution in [0.3, 0.4) is 0 Å². The van der Waals surface area contributed by atoms with Gasteiger partial charge < -0.3 is 23.9 Å². The number of carbonyl (C=O) groups is 1. The van der Waals surface area contributed by atoms with E-state index in [0.29, 0.717) is 29.8 Å². The molecule has 0 bridgehead atoms. The Balaban J connectivity index is 1.51. The average Bonchev–Trinajstić information content (AvgIpc) is 3.14. The first-order chi connectivity index (χ1) is 14.6. The predicted molar refractivity (Wildman–Crippen MR) is 115 cm³/mol. The Morgan fingerprint density at radius 2 is 2.00 bits per heavy atom. The van der Waals surface area contributed by atoms with E-state index in [1.807, 2.05) is 41.1 Å². The van der Waals surface area contributed by atoms with E-state index in [2.05, 4.69) is 0 Å². The lowest BCUT2D eigenvalue weighted by Gasteiger charge is -2.22. The zero-order valence-corrected chi connectivity index (χ0v) is 17.3. The Labute approximate surface area is 179 Å². The van der Waals surface area contributed by atoms with Crippen molar-refractivity contribution in [2.24, 2.45) is 5.92 Å². The summed E-state index contributed by atoms with van der Waals surface area (Å²) in [5.74, 6) is 1.78. The number of ether oxygens (including phenoxy) is 3. The lowest BCUT2D eigenvalue weighted by molar-refractivity contribution is 0.0593. The first-order valence-corrected chi connectivity index (χ1v) is 10.5. The van der Waals surface area contributed by atoms with Crippen molar-refractivity contribution in [3.05, 3.63) is 59.2 Å². The van der Waals surface area contributed by atoms with Crippen molar-refractivity contribution in [3.8, 4) is 11.5 Å². The fraction of sp³-hybridized carbons (Fsp3) is 0.348. The van der Waals surface area contributed by atoms with E-state index in [9.17, 15) is 4.79 Å². The lowest BCUT2D eigenvalue weighted by Crippen LogP contribution is -2.18. The Morgan fingerprint density at radius 1 is 1.17 bits per heavy atom. The molecule has 1 fully saturated rings. The van der Waals surface area contributed by atoms with Gasteiger partial charge in [-0.05, 0) is 61.6 Å². The summed E-state index contributed by atoms with van der Waals surface area (Å²) in [7, 11) is 0. The second kappa shape index (κ2) is 9.41. The van der Waals surface area contributed by atoms with E-state index in [0.717, 1.165) is 54.7 Å². The number of hydrogen-bond donors (Lipinski definition) is 1. The summed E-state index contributed by atoms with van der Waals surface area (Å²) in [6.07, 6.45) is 3.77. The van der Waals surface area contributed by atoms with Crippen LogP contribution in [0, 0.1) is 5.92 Å². The number of halogens is 1. The molecule has 0 saturated carbocycles. The molecule has 1 aromatic heterocycles. The maximum Gasteiger partial charge on any atom is 0.511 e. The van der Waals surface area contributed by atoms with Gasteiger partial charge in [-0.1, -0.05) is 17.7 Å². The van der Waals surface area contributed by atoms with Crippen molar-refractivity contribution in [1.29, 1.82) is 0 Å². The van der Waals surface area contributed by atoms with Gasteiger partial charge in [-0.25, -0.2) is 4.79 Å². The summed E-state index contributed by atoms with van der Waals surface area (Å²) in [4.78, 5) is 10.9. The highest BCUT2D eigenvalue weighted by Crippen LogP contribution is 2.30. The first-order valence-electron chi connectivity index (χ1n) is 10.1. The van der Waals surface area contributed by atoms with E-state index in [4.69, 9.17) is 30.9 Å². The quantitative estimate of drug-likeness (QED) is 0.391. The summed E-state index contributed by atoms with van der Waals surface area (Å²) in [5, 5.41) is 10.3. The molecule has 2 heterocycles. The van der Waals surface area contributed by atoms with Crippen molar-refractivity contribution >= 4 is 28.7 Å². The van der Waals surface area contributed by atoms with E-state index in [-0.39, 0.29) is 0 Å². The minimum atomic E-state index is -1.33. The van der Waals surface area contributed by atoms with Crippen LogP contribution in [-0.2, 0) is 11.3 Å². The van der Waals surface area contributed by atoms with Crippen LogP contribution >= 0.6 is 11.6 Å². The molecule has 0 atom stereocenters. The van der Waals surface area contributed by atoms with Gasteiger partial charge in [-0.2, -0.15) is 0 Å². The molecule has 1 saturated heterocycles. The highest BCUT2D eigenvalue weighted by Gasteiger charge is 2.15. The smallest absolute Gasteiger partial charge is 0.493 e. The number of rotatable bonds is 7. The van der Waals surface area contributed by atoms with Crippen LogP contribution in [0.1, 0.15) is 24.8 Å². The molecule has 1 N–H and O–H groups in total. The molecule has 0 aliphatic carbocycles. The summed E-state index contributed by atoms with van der Waals surface area (Å²) in [6, 6.07) is 12.9. The third-order valence-corrected chi connectivity index (χ3v) is 5.69. The number of nitrogens with zero attached hydrogens (tertiary/aromatic N) is 1. The van der Waals surface area contributed by atoms with Crippen LogP contribution in [-0.4, -0.2) is 35.6 Å². The van der Waals surface area contributed by atoms with Crippen molar-refractivity contribution in [3.63, 3.8) is 0 Å². The fourth-order valence-electron chi connectivity index (χ4n) is 3.88. The molecule has 158 valence electrons. The molecular weight excluding hydrogens is 406 g/mol. The zero-order valence-electron chi connectivity index (χ0n) is 16.6. The largest absolute Gasteiger partial charge is 0.511 e. The molecular formula is C23H24ClNO5. The average molecular weight is 430 g/mol. The monoisotopic (exact) mass is 429 g/mol. The highest BCUT2D eigenvalue weighted by molar-refractivity contribution is 6.30. The Hall–Kier alpha value is -2.70. The molecule has 1 aliphatic rings. The number of benzene rings is 2. The third kappa shape index (κ3) is 4.89. The van der Waals surface area contributed by atoms with Crippen LogP contribution in [0.25, 0.3) is 10.9 Å². The van der Waals surface area contributed by atoms with Crippen LogP contribution in [0.15, 0.2) is 48.7 Å². The molecule has 7 heteroatoms. The van der Waals surface area contributed by atoms with Crippen molar-refractivity contribution < 1.29 is 24.1 Å². The van der Waals surface area contributed by atoms with E-state index < -0.39 is 6.16 Å². The summed E-state index contributed by atoms with van der Waals surface area (Å²) in [6.45, 7) is 2.88. The second-order valence-electron chi connectivity index (χ2n) is 7.45. The third-order valence-electron chi connectivity index (χ3n) is 5.46. The molecule has 6 nitrogen and oxygen atoms in total. The highest BCUT2D eigenvalue weighted by atomic mass is 35.5. The molecule has 2 aromatic carbocycles. The summed E-state index contributed by atoms with van der Waals surface area (Å²) >= 11 is 6.25. The first kappa shape index (κ1) is 20.6. The minimum absolute atomic E-state index is 0.317. The maximum absolute atomic E-state index is 10.9. The normalized spacial score (nSPS) is 14.7. The van der Waals surface area contributed by atoms with Crippen LogP contribution in [0.5, 0.6) is 11.5 Å². The molecule has 1 aliphatic heterocycles. The van der Waals surface area contributed by atoms with Crippen molar-refractivity contribution in [2.45, 2.75) is 25.8 Å². The number of fused-ring (bicyclic) bond motifs is 1. The number of hydrogen-bond acceptors (Lipinski definition) is 4. The van der Waals surface area contributed by atoms with Gasteiger partial charge in [0.1, 0.15) is 11.5 Å². The molecule has 0 unspecified atom stereocenters. The van der Waals surface area contributed by atoms with Gasteiger partial charge in [0.15, 0.2) is 0 Å². The topological polar surface area (TPSA) is 69.9 Å². The molecule has 30 heavy (non-hydrogen) atoms. The van der Waals surface area contributed by atoms with Gasteiger partial charge in [-0.15, -0.1) is 0 Å². The van der Waals surface area contributed by atoms with E-state index in [1.165, 1.54) is 0 Å². The maximum atomic E-state index is 10.9. The molecule has 0 radical (unpaired) electrons. The summed E-state index contributed by atoms with van der Waals surface area (Å²) < 4.78 is 18.5.